The zero-order chi connectivity index (χ0) is 19.1. The number of carbonyl (C=O) groups excluding carboxylic acids is 2. The molecule has 6 heteroatoms. The Balaban J connectivity index is 1.77. The van der Waals surface area contributed by atoms with E-state index in [-0.39, 0.29) is 18.0 Å². The van der Waals surface area contributed by atoms with Crippen molar-refractivity contribution in [1.82, 2.24) is 10.6 Å². The predicted octanol–water partition coefficient (Wildman–Crippen LogP) is 1.02. The van der Waals surface area contributed by atoms with Crippen LogP contribution in [0.4, 0.5) is 10.5 Å². The largest absolute Gasteiger partial charge is 0.338 e. The van der Waals surface area contributed by atoms with Gasteiger partial charge in [-0.1, -0.05) is 6.07 Å². The Labute approximate surface area is 156 Å². The average Bonchev–Trinajstić information content (AvgIpc) is 2.97. The molecule has 1 aliphatic heterocycles. The fraction of sp³-hybridized carbons (Fsp3) is 0.600. The van der Waals surface area contributed by atoms with Crippen LogP contribution in [-0.2, 0) is 4.79 Å². The smallest absolute Gasteiger partial charge is 0.315 e. The molecule has 3 amide bonds. The molecule has 0 saturated carbocycles. The van der Waals surface area contributed by atoms with Crippen LogP contribution in [0.15, 0.2) is 18.2 Å². The van der Waals surface area contributed by atoms with Gasteiger partial charge in [-0.2, -0.15) is 0 Å². The summed E-state index contributed by atoms with van der Waals surface area (Å²) in [4.78, 5) is 27.7. The molecule has 1 saturated heterocycles. The van der Waals surface area contributed by atoms with Crippen molar-refractivity contribution in [3.8, 4) is 0 Å². The lowest BCUT2D eigenvalue weighted by Crippen LogP contribution is -3.11. The number of quaternary nitrogens is 1. The Morgan fingerprint density at radius 3 is 2.62 bits per heavy atom. The molecule has 1 atom stereocenters. The second-order valence-electron chi connectivity index (χ2n) is 7.13. The van der Waals surface area contributed by atoms with Crippen LogP contribution < -0.4 is 20.4 Å². The maximum atomic E-state index is 12.3. The van der Waals surface area contributed by atoms with Gasteiger partial charge >= 0.3 is 6.03 Å². The highest BCUT2D eigenvalue weighted by Gasteiger charge is 2.31. The summed E-state index contributed by atoms with van der Waals surface area (Å²) in [6.07, 6.45) is 1.31. The van der Waals surface area contributed by atoms with Crippen LogP contribution in [0.3, 0.4) is 0 Å². The van der Waals surface area contributed by atoms with Gasteiger partial charge in [0.15, 0.2) is 0 Å². The number of aryl methyl sites for hydroxylation is 2. The molecular weight excluding hydrogens is 328 g/mol. The molecule has 144 valence electrons. The van der Waals surface area contributed by atoms with E-state index in [0.717, 1.165) is 31.7 Å². The van der Waals surface area contributed by atoms with E-state index < -0.39 is 0 Å². The molecule has 1 aromatic carbocycles. The van der Waals surface area contributed by atoms with Crippen LogP contribution in [0.2, 0.25) is 0 Å². The van der Waals surface area contributed by atoms with Crippen LogP contribution in [0.1, 0.15) is 37.8 Å². The summed E-state index contributed by atoms with van der Waals surface area (Å²) in [6.45, 7) is 12.9. The van der Waals surface area contributed by atoms with Gasteiger partial charge in [0.2, 0.25) is 5.91 Å². The van der Waals surface area contributed by atoms with E-state index in [9.17, 15) is 9.59 Å². The van der Waals surface area contributed by atoms with Crippen molar-refractivity contribution in [1.29, 1.82) is 0 Å². The lowest BCUT2D eigenvalue weighted by Gasteiger charge is -2.19. The molecule has 0 aromatic heterocycles. The molecule has 3 N–H and O–H groups in total. The van der Waals surface area contributed by atoms with Crippen LogP contribution in [0, 0.1) is 13.8 Å². The highest BCUT2D eigenvalue weighted by molar-refractivity contribution is 5.96. The van der Waals surface area contributed by atoms with Gasteiger partial charge in [-0.25, -0.2) is 4.79 Å². The highest BCUT2D eigenvalue weighted by Crippen LogP contribution is 2.23. The Morgan fingerprint density at radius 1 is 1.23 bits per heavy atom. The minimum absolute atomic E-state index is 0.0590. The number of nitrogens with zero attached hydrogens (tertiary/aromatic N) is 1. The van der Waals surface area contributed by atoms with Crippen LogP contribution in [0.25, 0.3) is 0 Å². The minimum atomic E-state index is -0.181. The van der Waals surface area contributed by atoms with E-state index in [1.165, 1.54) is 16.0 Å². The molecule has 0 aliphatic carbocycles. The van der Waals surface area contributed by atoms with Crippen molar-refractivity contribution >= 4 is 17.6 Å². The monoisotopic (exact) mass is 361 g/mol. The SMILES string of the molecule is CC[NH+](CC)CCCNC(=O)N[C@H]1CC(=O)N(c2ccc(C)c(C)c2)C1. The predicted molar refractivity (Wildman–Crippen MR) is 105 cm³/mol. The third-order valence-corrected chi connectivity index (χ3v) is 5.26. The van der Waals surface area contributed by atoms with Gasteiger partial charge in [-0.15, -0.1) is 0 Å². The molecule has 1 fully saturated rings. The molecule has 6 nitrogen and oxygen atoms in total. The minimum Gasteiger partial charge on any atom is -0.338 e. The van der Waals surface area contributed by atoms with Gasteiger partial charge in [-0.3, -0.25) is 4.79 Å². The van der Waals surface area contributed by atoms with Gasteiger partial charge < -0.3 is 20.4 Å². The van der Waals surface area contributed by atoms with Gasteiger partial charge in [0.1, 0.15) is 0 Å². The third kappa shape index (κ3) is 5.46. The molecule has 1 heterocycles. The quantitative estimate of drug-likeness (QED) is 0.606. The Kier molecular flexibility index (Phi) is 7.45. The van der Waals surface area contributed by atoms with E-state index in [1.807, 2.05) is 25.1 Å². The number of benzene rings is 1. The number of anilines is 1. The molecule has 0 unspecified atom stereocenters. The van der Waals surface area contributed by atoms with Crippen molar-refractivity contribution in [2.24, 2.45) is 0 Å². The number of nitrogens with one attached hydrogen (secondary N) is 3. The first-order valence-electron chi connectivity index (χ1n) is 9.70. The Bertz CT molecular complexity index is 628. The van der Waals surface area contributed by atoms with E-state index in [2.05, 4.69) is 31.4 Å². The maximum absolute atomic E-state index is 12.3. The molecule has 0 spiro atoms. The first-order chi connectivity index (χ1) is 12.4. The van der Waals surface area contributed by atoms with Crippen molar-refractivity contribution in [2.45, 2.75) is 46.6 Å². The van der Waals surface area contributed by atoms with Crippen molar-refractivity contribution in [3.63, 3.8) is 0 Å². The molecule has 1 aromatic rings. The normalized spacial score (nSPS) is 17.0. The van der Waals surface area contributed by atoms with Gasteiger partial charge in [0, 0.05) is 31.6 Å². The van der Waals surface area contributed by atoms with Crippen LogP contribution >= 0.6 is 0 Å². The topological polar surface area (TPSA) is 65.9 Å². The lowest BCUT2D eigenvalue weighted by atomic mass is 10.1. The zero-order valence-electron chi connectivity index (χ0n) is 16.5. The standard InChI is InChI=1S/C20H32N4O2/c1-5-23(6-2)11-7-10-21-20(26)22-17-13-19(25)24(14-17)18-9-8-15(3)16(4)12-18/h8-9,12,17H,5-7,10-11,13-14H2,1-4H3,(H2,21,22,26)/p+1/t17-/m0/s1. The molecule has 0 bridgehead atoms. The molecule has 0 radical (unpaired) electrons. The number of rotatable bonds is 8. The molecular formula is C20H33N4O2+. The van der Waals surface area contributed by atoms with E-state index in [0.29, 0.717) is 19.5 Å². The summed E-state index contributed by atoms with van der Waals surface area (Å²) in [7, 11) is 0. The number of hydrogen-bond donors (Lipinski definition) is 3. The maximum Gasteiger partial charge on any atom is 0.315 e. The van der Waals surface area contributed by atoms with E-state index >= 15 is 0 Å². The number of urea groups is 1. The Morgan fingerprint density at radius 2 is 1.96 bits per heavy atom. The summed E-state index contributed by atoms with van der Waals surface area (Å²) in [5.41, 5.74) is 3.28. The lowest BCUT2D eigenvalue weighted by molar-refractivity contribution is -0.896. The van der Waals surface area contributed by atoms with E-state index in [4.69, 9.17) is 0 Å². The second kappa shape index (κ2) is 9.57. The first-order valence-corrected chi connectivity index (χ1v) is 9.70. The summed E-state index contributed by atoms with van der Waals surface area (Å²) in [5.74, 6) is 0.0590. The second-order valence-corrected chi connectivity index (χ2v) is 7.13. The highest BCUT2D eigenvalue weighted by atomic mass is 16.2. The van der Waals surface area contributed by atoms with Crippen LogP contribution in [0.5, 0.6) is 0 Å². The molecule has 1 aliphatic rings. The molecule has 2 rings (SSSR count). The number of carbonyl (C=O) groups is 2. The van der Waals surface area contributed by atoms with Crippen molar-refractivity contribution in [2.75, 3.05) is 37.6 Å². The van der Waals surface area contributed by atoms with Crippen LogP contribution in [-0.4, -0.2) is 50.7 Å². The number of amides is 3. The van der Waals surface area contributed by atoms with Crippen molar-refractivity contribution in [3.05, 3.63) is 29.3 Å². The van der Waals surface area contributed by atoms with E-state index in [1.54, 1.807) is 4.90 Å². The summed E-state index contributed by atoms with van der Waals surface area (Å²) in [6, 6.07) is 5.71. The average molecular weight is 362 g/mol. The van der Waals surface area contributed by atoms with Gasteiger partial charge in [0.25, 0.3) is 0 Å². The van der Waals surface area contributed by atoms with Gasteiger partial charge in [0.05, 0.1) is 25.7 Å². The first kappa shape index (κ1) is 20.2. The summed E-state index contributed by atoms with van der Waals surface area (Å²) in [5, 5.41) is 5.84. The van der Waals surface area contributed by atoms with Gasteiger partial charge in [-0.05, 0) is 51.0 Å². The molecule has 26 heavy (non-hydrogen) atoms. The fourth-order valence-corrected chi connectivity index (χ4v) is 3.33. The van der Waals surface area contributed by atoms with Crippen molar-refractivity contribution < 1.29 is 14.5 Å². The summed E-state index contributed by atoms with van der Waals surface area (Å²) >= 11 is 0. The number of hydrogen-bond acceptors (Lipinski definition) is 2. The third-order valence-electron chi connectivity index (χ3n) is 5.26. The summed E-state index contributed by atoms with van der Waals surface area (Å²) < 4.78 is 0. The Hall–Kier alpha value is -2.08. The zero-order valence-corrected chi connectivity index (χ0v) is 16.5. The fourth-order valence-electron chi connectivity index (χ4n) is 3.33.